The minimum Gasteiger partial charge on any atom is -0.493 e. The smallest absolute Gasteiger partial charge is 0.226 e. The number of rotatable bonds is 5. The van der Waals surface area contributed by atoms with Gasteiger partial charge in [0.25, 0.3) is 0 Å². The Morgan fingerprint density at radius 2 is 2.14 bits per heavy atom. The molecule has 1 amide bonds. The molecule has 22 heavy (non-hydrogen) atoms. The normalized spacial score (nSPS) is 21.7. The zero-order valence-electron chi connectivity index (χ0n) is 14.0. The fourth-order valence-electron chi connectivity index (χ4n) is 3.01. The lowest BCUT2D eigenvalue weighted by atomic mass is 9.92. The molecule has 0 saturated carbocycles. The van der Waals surface area contributed by atoms with Crippen molar-refractivity contribution in [2.24, 2.45) is 11.7 Å². The number of ether oxygens (including phenoxy) is 1. The van der Waals surface area contributed by atoms with Gasteiger partial charge in [-0.3, -0.25) is 4.79 Å². The summed E-state index contributed by atoms with van der Waals surface area (Å²) in [6.45, 7) is 8.17. The second kappa shape index (κ2) is 7.63. The van der Waals surface area contributed by atoms with Gasteiger partial charge in [-0.1, -0.05) is 13.0 Å². The van der Waals surface area contributed by atoms with E-state index in [1.54, 1.807) is 0 Å². The fourth-order valence-corrected chi connectivity index (χ4v) is 3.01. The van der Waals surface area contributed by atoms with Crippen molar-refractivity contribution in [3.8, 4) is 5.75 Å². The van der Waals surface area contributed by atoms with Crippen LogP contribution in [0.1, 0.15) is 37.3 Å². The van der Waals surface area contributed by atoms with Crippen LogP contribution in [0.5, 0.6) is 5.75 Å². The van der Waals surface area contributed by atoms with Gasteiger partial charge in [0, 0.05) is 19.1 Å². The number of hydrogen-bond acceptors (Lipinski definition) is 3. The summed E-state index contributed by atoms with van der Waals surface area (Å²) in [4.78, 5) is 14.3. The molecule has 1 aliphatic heterocycles. The minimum atomic E-state index is 0.159. The van der Waals surface area contributed by atoms with Gasteiger partial charge in [0.2, 0.25) is 5.91 Å². The number of nitrogens with two attached hydrogens (primary N) is 1. The van der Waals surface area contributed by atoms with Gasteiger partial charge < -0.3 is 15.4 Å². The van der Waals surface area contributed by atoms with Gasteiger partial charge in [0.15, 0.2) is 0 Å². The molecule has 0 bridgehead atoms. The van der Waals surface area contributed by atoms with Crippen LogP contribution in [0.25, 0.3) is 0 Å². The third kappa shape index (κ3) is 4.23. The molecule has 2 atom stereocenters. The van der Waals surface area contributed by atoms with Crippen LogP contribution >= 0.6 is 0 Å². The Bertz CT molecular complexity index is 516. The van der Waals surface area contributed by atoms with Crippen LogP contribution in [0.2, 0.25) is 0 Å². The molecule has 4 nitrogen and oxygen atoms in total. The van der Waals surface area contributed by atoms with Crippen molar-refractivity contribution in [1.29, 1.82) is 0 Å². The first-order chi connectivity index (χ1) is 10.5. The maximum absolute atomic E-state index is 12.4. The number of amides is 1. The summed E-state index contributed by atoms with van der Waals surface area (Å²) in [7, 11) is 0. The second-order valence-electron chi connectivity index (χ2n) is 6.45. The third-order valence-electron chi connectivity index (χ3n) is 4.63. The average Bonchev–Trinajstić information content (AvgIpc) is 2.50. The summed E-state index contributed by atoms with van der Waals surface area (Å²) in [5.74, 6) is 1.65. The fraction of sp³-hybridized carbons (Fsp3) is 0.611. The molecule has 2 rings (SSSR count). The van der Waals surface area contributed by atoms with Gasteiger partial charge in [0.1, 0.15) is 5.75 Å². The molecule has 0 spiro atoms. The number of hydrogen-bond donors (Lipinski definition) is 1. The zero-order chi connectivity index (χ0) is 16.1. The van der Waals surface area contributed by atoms with Crippen LogP contribution < -0.4 is 10.5 Å². The molecule has 1 saturated heterocycles. The van der Waals surface area contributed by atoms with E-state index in [0.717, 1.165) is 25.1 Å². The molecule has 2 unspecified atom stereocenters. The largest absolute Gasteiger partial charge is 0.493 e. The molecule has 0 aromatic heterocycles. The first-order valence-corrected chi connectivity index (χ1v) is 8.21. The average molecular weight is 304 g/mol. The van der Waals surface area contributed by atoms with E-state index < -0.39 is 0 Å². The van der Waals surface area contributed by atoms with Crippen molar-refractivity contribution in [3.05, 3.63) is 29.3 Å². The van der Waals surface area contributed by atoms with Crippen LogP contribution in [-0.4, -0.2) is 36.5 Å². The van der Waals surface area contributed by atoms with Crippen molar-refractivity contribution in [3.63, 3.8) is 0 Å². The predicted octanol–water partition coefficient (Wildman–Crippen LogP) is 2.66. The summed E-state index contributed by atoms with van der Waals surface area (Å²) >= 11 is 0. The predicted molar refractivity (Wildman–Crippen MR) is 89.0 cm³/mol. The minimum absolute atomic E-state index is 0.159. The molecule has 1 aliphatic rings. The number of carbonyl (C=O) groups is 1. The van der Waals surface area contributed by atoms with Crippen molar-refractivity contribution in [1.82, 2.24) is 4.90 Å². The van der Waals surface area contributed by atoms with Crippen molar-refractivity contribution >= 4 is 5.91 Å². The Morgan fingerprint density at radius 3 is 2.82 bits per heavy atom. The van der Waals surface area contributed by atoms with E-state index in [1.807, 2.05) is 23.1 Å². The second-order valence-corrected chi connectivity index (χ2v) is 6.45. The number of aryl methyl sites for hydroxylation is 2. The van der Waals surface area contributed by atoms with Crippen LogP contribution in [0, 0.1) is 19.8 Å². The monoisotopic (exact) mass is 304 g/mol. The molecule has 122 valence electrons. The Morgan fingerprint density at radius 1 is 1.36 bits per heavy atom. The first kappa shape index (κ1) is 16.8. The number of likely N-dealkylation sites (tertiary alicyclic amines) is 1. The van der Waals surface area contributed by atoms with Gasteiger partial charge in [-0.05, 0) is 55.9 Å². The third-order valence-corrected chi connectivity index (χ3v) is 4.63. The zero-order valence-corrected chi connectivity index (χ0v) is 14.0. The first-order valence-electron chi connectivity index (χ1n) is 8.21. The summed E-state index contributed by atoms with van der Waals surface area (Å²) in [5, 5.41) is 0. The standard InChI is InChI=1S/C18H28N2O2/c1-13-6-8-20(16(10-13)12-19)18(21)7-9-22-17-5-4-14(2)15(3)11-17/h4-5,11,13,16H,6-10,12,19H2,1-3H3. The summed E-state index contributed by atoms with van der Waals surface area (Å²) < 4.78 is 5.71. The molecule has 2 N–H and O–H groups in total. The van der Waals surface area contributed by atoms with Crippen LogP contribution in [0.4, 0.5) is 0 Å². The molecule has 1 aromatic rings. The quantitative estimate of drug-likeness (QED) is 0.910. The number of piperidine rings is 1. The highest BCUT2D eigenvalue weighted by molar-refractivity contribution is 5.76. The van der Waals surface area contributed by atoms with Gasteiger partial charge in [-0.25, -0.2) is 0 Å². The highest BCUT2D eigenvalue weighted by Crippen LogP contribution is 2.22. The maximum Gasteiger partial charge on any atom is 0.226 e. The van der Waals surface area contributed by atoms with E-state index in [4.69, 9.17) is 10.5 Å². The molecule has 0 aliphatic carbocycles. The lowest BCUT2D eigenvalue weighted by Gasteiger charge is -2.38. The highest BCUT2D eigenvalue weighted by atomic mass is 16.5. The lowest BCUT2D eigenvalue weighted by Crippen LogP contribution is -2.49. The molecular formula is C18H28N2O2. The molecule has 4 heteroatoms. The van der Waals surface area contributed by atoms with Gasteiger partial charge in [0.05, 0.1) is 13.0 Å². The molecule has 1 heterocycles. The Balaban J connectivity index is 1.83. The molecule has 0 radical (unpaired) electrons. The topological polar surface area (TPSA) is 55.6 Å². The van der Waals surface area contributed by atoms with E-state index in [9.17, 15) is 4.79 Å². The van der Waals surface area contributed by atoms with Gasteiger partial charge in [-0.15, -0.1) is 0 Å². The molecular weight excluding hydrogens is 276 g/mol. The lowest BCUT2D eigenvalue weighted by molar-refractivity contribution is -0.135. The summed E-state index contributed by atoms with van der Waals surface area (Å²) in [6, 6.07) is 6.21. The van der Waals surface area contributed by atoms with E-state index in [-0.39, 0.29) is 11.9 Å². The van der Waals surface area contributed by atoms with Crippen LogP contribution in [0.15, 0.2) is 18.2 Å². The van der Waals surface area contributed by atoms with Crippen molar-refractivity contribution in [2.45, 2.75) is 46.1 Å². The van der Waals surface area contributed by atoms with E-state index in [1.165, 1.54) is 11.1 Å². The Kier molecular flexibility index (Phi) is 5.83. The summed E-state index contributed by atoms with van der Waals surface area (Å²) in [6.07, 6.45) is 2.50. The molecule has 1 aromatic carbocycles. The van der Waals surface area contributed by atoms with Crippen molar-refractivity contribution < 1.29 is 9.53 Å². The van der Waals surface area contributed by atoms with Gasteiger partial charge >= 0.3 is 0 Å². The molecule has 1 fully saturated rings. The maximum atomic E-state index is 12.4. The Hall–Kier alpha value is -1.55. The van der Waals surface area contributed by atoms with Crippen LogP contribution in [0.3, 0.4) is 0 Å². The Labute approximate surface area is 133 Å². The number of benzene rings is 1. The van der Waals surface area contributed by atoms with E-state index >= 15 is 0 Å². The van der Waals surface area contributed by atoms with Crippen molar-refractivity contribution in [2.75, 3.05) is 19.7 Å². The summed E-state index contributed by atoms with van der Waals surface area (Å²) in [5.41, 5.74) is 8.27. The van der Waals surface area contributed by atoms with Crippen LogP contribution in [-0.2, 0) is 4.79 Å². The highest BCUT2D eigenvalue weighted by Gasteiger charge is 2.28. The van der Waals surface area contributed by atoms with E-state index in [0.29, 0.717) is 25.5 Å². The SMILES string of the molecule is Cc1ccc(OCCC(=O)N2CCC(C)CC2CN)cc1C. The number of nitrogens with zero attached hydrogens (tertiary/aromatic N) is 1. The van der Waals surface area contributed by atoms with Gasteiger partial charge in [-0.2, -0.15) is 0 Å². The van der Waals surface area contributed by atoms with E-state index in [2.05, 4.69) is 20.8 Å². The number of carbonyl (C=O) groups excluding carboxylic acids is 1.